The molecule has 4 nitrogen and oxygen atoms in total. The SMILES string of the molecule is CC[Si](CC)(CC)CCCOCCOCCOCCOC. The average molecular weight is 321 g/mol. The quantitative estimate of drug-likeness (QED) is 0.322. The zero-order valence-corrected chi connectivity index (χ0v) is 15.6. The van der Waals surface area contributed by atoms with Crippen LogP contribution in [0.3, 0.4) is 0 Å². The van der Waals surface area contributed by atoms with Gasteiger partial charge in [-0.25, -0.2) is 0 Å². The third-order valence-electron chi connectivity index (χ3n) is 4.42. The number of rotatable bonds is 16. The number of hydrogen-bond acceptors (Lipinski definition) is 4. The summed E-state index contributed by atoms with van der Waals surface area (Å²) in [5, 5.41) is 0. The molecule has 0 aliphatic heterocycles. The molecule has 0 heterocycles. The van der Waals surface area contributed by atoms with Gasteiger partial charge in [0.15, 0.2) is 0 Å². The van der Waals surface area contributed by atoms with Crippen LogP contribution in [0.2, 0.25) is 24.2 Å². The first kappa shape index (κ1) is 21.1. The Hall–Kier alpha value is 0.0569. The second-order valence-corrected chi connectivity index (χ2v) is 11.1. The standard InChI is InChI=1S/C16H36O4Si/c1-5-21(6-2,7-3)16-8-9-18-12-13-20-15-14-19-11-10-17-4/h5-16H2,1-4H3. The van der Waals surface area contributed by atoms with Crippen molar-refractivity contribution in [1.29, 1.82) is 0 Å². The van der Waals surface area contributed by atoms with E-state index in [0.29, 0.717) is 39.6 Å². The summed E-state index contributed by atoms with van der Waals surface area (Å²) in [5.41, 5.74) is 0. The van der Waals surface area contributed by atoms with Crippen LogP contribution in [-0.4, -0.2) is 61.4 Å². The van der Waals surface area contributed by atoms with Gasteiger partial charge in [0.1, 0.15) is 0 Å². The molecule has 0 aromatic rings. The molecule has 0 aromatic heterocycles. The van der Waals surface area contributed by atoms with Crippen LogP contribution in [0.4, 0.5) is 0 Å². The zero-order valence-electron chi connectivity index (χ0n) is 14.6. The highest BCUT2D eigenvalue weighted by molar-refractivity contribution is 6.79. The van der Waals surface area contributed by atoms with Gasteiger partial charge in [-0.05, 0) is 6.42 Å². The molecule has 5 heteroatoms. The summed E-state index contributed by atoms with van der Waals surface area (Å²) in [6, 6.07) is 5.63. The van der Waals surface area contributed by atoms with Crippen LogP contribution in [0.25, 0.3) is 0 Å². The minimum Gasteiger partial charge on any atom is -0.382 e. The lowest BCUT2D eigenvalue weighted by Gasteiger charge is -2.27. The normalized spacial score (nSPS) is 12.0. The minimum atomic E-state index is -0.953. The second kappa shape index (κ2) is 15.0. The smallest absolute Gasteiger partial charge is 0.0701 e. The van der Waals surface area contributed by atoms with Gasteiger partial charge in [-0.15, -0.1) is 0 Å². The lowest BCUT2D eigenvalue weighted by Crippen LogP contribution is -2.31. The highest BCUT2D eigenvalue weighted by Gasteiger charge is 2.25. The maximum Gasteiger partial charge on any atom is 0.0701 e. The molecule has 0 bridgehead atoms. The molecular formula is C16H36O4Si. The molecule has 0 aliphatic rings. The molecule has 0 radical (unpaired) electrons. The van der Waals surface area contributed by atoms with Crippen molar-refractivity contribution in [3.63, 3.8) is 0 Å². The van der Waals surface area contributed by atoms with E-state index < -0.39 is 8.07 Å². The van der Waals surface area contributed by atoms with Crippen molar-refractivity contribution >= 4 is 8.07 Å². The molecule has 0 N–H and O–H groups in total. The third kappa shape index (κ3) is 11.3. The van der Waals surface area contributed by atoms with Gasteiger partial charge in [0, 0.05) is 13.7 Å². The van der Waals surface area contributed by atoms with E-state index in [1.807, 2.05) is 0 Å². The molecule has 0 rings (SSSR count). The maximum atomic E-state index is 5.64. The summed E-state index contributed by atoms with van der Waals surface area (Å²) in [6.45, 7) is 11.8. The summed E-state index contributed by atoms with van der Waals surface area (Å²) >= 11 is 0. The largest absolute Gasteiger partial charge is 0.382 e. The fraction of sp³-hybridized carbons (Fsp3) is 1.00. The van der Waals surface area contributed by atoms with Crippen LogP contribution in [0.15, 0.2) is 0 Å². The van der Waals surface area contributed by atoms with Crippen LogP contribution < -0.4 is 0 Å². The van der Waals surface area contributed by atoms with Gasteiger partial charge in [-0.1, -0.05) is 44.9 Å². The van der Waals surface area contributed by atoms with Crippen LogP contribution in [0, 0.1) is 0 Å². The van der Waals surface area contributed by atoms with Crippen LogP contribution >= 0.6 is 0 Å². The van der Waals surface area contributed by atoms with Gasteiger partial charge in [0.25, 0.3) is 0 Å². The monoisotopic (exact) mass is 320 g/mol. The fourth-order valence-electron chi connectivity index (χ4n) is 2.51. The van der Waals surface area contributed by atoms with Crippen molar-refractivity contribution in [1.82, 2.24) is 0 Å². The minimum absolute atomic E-state index is 0.626. The van der Waals surface area contributed by atoms with Crippen molar-refractivity contribution < 1.29 is 18.9 Å². The third-order valence-corrected chi connectivity index (χ3v) is 10.3. The lowest BCUT2D eigenvalue weighted by molar-refractivity contribution is 0.00374. The van der Waals surface area contributed by atoms with Gasteiger partial charge >= 0.3 is 0 Å². The van der Waals surface area contributed by atoms with E-state index in [1.54, 1.807) is 7.11 Å². The van der Waals surface area contributed by atoms with E-state index in [1.165, 1.54) is 30.6 Å². The highest BCUT2D eigenvalue weighted by Crippen LogP contribution is 2.26. The Kier molecular flexibility index (Phi) is 15.0. The Labute approximate surface area is 132 Å². The Morgan fingerprint density at radius 3 is 1.48 bits per heavy atom. The van der Waals surface area contributed by atoms with Crippen LogP contribution in [0.1, 0.15) is 27.2 Å². The van der Waals surface area contributed by atoms with Gasteiger partial charge in [0.05, 0.1) is 47.7 Å². The van der Waals surface area contributed by atoms with Crippen LogP contribution in [-0.2, 0) is 18.9 Å². The predicted molar refractivity (Wildman–Crippen MR) is 91.0 cm³/mol. The Balaban J connectivity index is 3.29. The second-order valence-electron chi connectivity index (χ2n) is 5.49. The van der Waals surface area contributed by atoms with Gasteiger partial charge in [-0.2, -0.15) is 0 Å². The van der Waals surface area contributed by atoms with Gasteiger partial charge in [-0.3, -0.25) is 0 Å². The molecule has 128 valence electrons. The van der Waals surface area contributed by atoms with E-state index in [4.69, 9.17) is 18.9 Å². The molecule has 0 aromatic carbocycles. The summed E-state index contributed by atoms with van der Waals surface area (Å²) < 4.78 is 21.3. The van der Waals surface area contributed by atoms with E-state index >= 15 is 0 Å². The molecular weight excluding hydrogens is 284 g/mol. The predicted octanol–water partition coefficient (Wildman–Crippen LogP) is 3.58. The fourth-order valence-corrected chi connectivity index (χ4v) is 5.97. The highest BCUT2D eigenvalue weighted by atomic mass is 28.3. The topological polar surface area (TPSA) is 36.9 Å². The molecule has 0 saturated carbocycles. The lowest BCUT2D eigenvalue weighted by atomic mass is 10.5. The van der Waals surface area contributed by atoms with Crippen molar-refractivity contribution in [3.05, 3.63) is 0 Å². The first-order valence-corrected chi connectivity index (χ1v) is 11.3. The Bertz CT molecular complexity index is 202. The molecule has 0 amide bonds. The van der Waals surface area contributed by atoms with Crippen molar-refractivity contribution in [2.24, 2.45) is 0 Å². The van der Waals surface area contributed by atoms with E-state index in [2.05, 4.69) is 20.8 Å². The summed E-state index contributed by atoms with van der Waals surface area (Å²) in [6.07, 6.45) is 1.21. The van der Waals surface area contributed by atoms with Gasteiger partial charge in [0.2, 0.25) is 0 Å². The van der Waals surface area contributed by atoms with Crippen molar-refractivity contribution in [2.75, 3.05) is 53.4 Å². The molecule has 0 spiro atoms. The van der Waals surface area contributed by atoms with Crippen LogP contribution in [0.5, 0.6) is 0 Å². The first-order chi connectivity index (χ1) is 10.2. The molecule has 0 unspecified atom stereocenters. The van der Waals surface area contributed by atoms with Crippen molar-refractivity contribution in [2.45, 2.75) is 51.4 Å². The maximum absolute atomic E-state index is 5.64. The van der Waals surface area contributed by atoms with E-state index in [0.717, 1.165) is 6.61 Å². The van der Waals surface area contributed by atoms with E-state index in [-0.39, 0.29) is 0 Å². The molecule has 0 saturated heterocycles. The number of ether oxygens (including phenoxy) is 4. The molecule has 0 fully saturated rings. The number of methoxy groups -OCH3 is 1. The van der Waals surface area contributed by atoms with E-state index in [9.17, 15) is 0 Å². The Morgan fingerprint density at radius 2 is 1.05 bits per heavy atom. The summed E-state index contributed by atoms with van der Waals surface area (Å²) in [5.74, 6) is 0. The zero-order chi connectivity index (χ0) is 15.8. The van der Waals surface area contributed by atoms with Gasteiger partial charge < -0.3 is 18.9 Å². The Morgan fingerprint density at radius 1 is 0.619 bits per heavy atom. The summed E-state index contributed by atoms with van der Waals surface area (Å²) in [4.78, 5) is 0. The molecule has 0 atom stereocenters. The molecule has 0 aliphatic carbocycles. The first-order valence-electron chi connectivity index (χ1n) is 8.46. The number of hydrogen-bond donors (Lipinski definition) is 0. The average Bonchev–Trinajstić information content (AvgIpc) is 2.53. The van der Waals surface area contributed by atoms with Crippen molar-refractivity contribution in [3.8, 4) is 0 Å². The molecule has 21 heavy (non-hydrogen) atoms. The summed E-state index contributed by atoms with van der Waals surface area (Å²) in [7, 11) is 0.719.